The molecule has 14 heavy (non-hydrogen) atoms. The highest BCUT2D eigenvalue weighted by atomic mass is 32.2. The Bertz CT molecular complexity index is 272. The largest absolute Gasteiger partial charge is 0.392 e. The summed E-state index contributed by atoms with van der Waals surface area (Å²) in [6.07, 6.45) is 2.07. The third kappa shape index (κ3) is 4.92. The Balaban J connectivity index is 2.08. The first-order valence-corrected chi connectivity index (χ1v) is 5.54. The molecule has 0 saturated heterocycles. The minimum absolute atomic E-state index is 0.227. The van der Waals surface area contributed by atoms with Crippen molar-refractivity contribution in [3.05, 3.63) is 35.9 Å². The smallest absolute Gasteiger partial charge is 0.314 e. The number of benzene rings is 1. The number of carbonyl (C=O) groups excluding carboxylic acids is 1. The monoisotopic (exact) mass is 210 g/mol. The molecule has 0 radical (unpaired) electrons. The second-order valence-corrected chi connectivity index (χ2v) is 3.80. The molecule has 0 N–H and O–H groups in total. The van der Waals surface area contributed by atoms with Crippen molar-refractivity contribution in [1.29, 1.82) is 0 Å². The lowest BCUT2D eigenvalue weighted by atomic mass is 10.1. The third-order valence-corrected chi connectivity index (χ3v) is 2.52. The van der Waals surface area contributed by atoms with Gasteiger partial charge in [0.25, 0.3) is 0 Å². The Hall–Kier alpha value is -0.960. The van der Waals surface area contributed by atoms with Crippen LogP contribution in [0.1, 0.15) is 18.9 Å². The van der Waals surface area contributed by atoms with Gasteiger partial charge in [-0.3, -0.25) is 4.79 Å². The molecule has 0 amide bonds. The molecule has 2 nitrogen and oxygen atoms in total. The lowest BCUT2D eigenvalue weighted by molar-refractivity contribution is -0.130. The molecule has 0 aliphatic carbocycles. The van der Waals surface area contributed by atoms with Gasteiger partial charge in [0, 0.05) is 12.7 Å². The topological polar surface area (TPSA) is 26.3 Å². The third-order valence-electron chi connectivity index (χ3n) is 1.71. The van der Waals surface area contributed by atoms with Crippen LogP contribution in [-0.4, -0.2) is 11.7 Å². The molecule has 1 aromatic carbocycles. The first-order chi connectivity index (χ1) is 6.79. The fourth-order valence-corrected chi connectivity index (χ4v) is 1.62. The number of aryl methyl sites for hydroxylation is 1. The Morgan fingerprint density at radius 2 is 2.07 bits per heavy atom. The molecule has 0 fully saturated rings. The van der Waals surface area contributed by atoms with Crippen molar-refractivity contribution in [2.45, 2.75) is 19.8 Å². The molecule has 0 spiro atoms. The van der Waals surface area contributed by atoms with E-state index in [1.165, 1.54) is 24.5 Å². The Morgan fingerprint density at radius 1 is 1.36 bits per heavy atom. The highest BCUT2D eigenvalue weighted by molar-refractivity contribution is 7.95. The lowest BCUT2D eigenvalue weighted by Gasteiger charge is -2.00. The summed E-state index contributed by atoms with van der Waals surface area (Å²) in [5, 5.41) is 0. The summed E-state index contributed by atoms with van der Waals surface area (Å²) in [6.45, 7) is 1.42. The molecule has 0 saturated carbocycles. The van der Waals surface area contributed by atoms with Crippen LogP contribution in [0.25, 0.3) is 0 Å². The summed E-state index contributed by atoms with van der Waals surface area (Å²) in [5.41, 5.74) is 1.33. The molecule has 76 valence electrons. The number of hydrogen-bond acceptors (Lipinski definition) is 3. The average molecular weight is 210 g/mol. The summed E-state index contributed by atoms with van der Waals surface area (Å²) in [4.78, 5) is 10.4. The van der Waals surface area contributed by atoms with Gasteiger partial charge in [-0.1, -0.05) is 30.3 Å². The minimum atomic E-state index is -0.227. The minimum Gasteiger partial charge on any atom is -0.392 e. The summed E-state index contributed by atoms with van der Waals surface area (Å²) in [7, 11) is 0. The number of carbonyl (C=O) groups is 1. The highest BCUT2D eigenvalue weighted by Gasteiger charge is 1.95. The van der Waals surface area contributed by atoms with Gasteiger partial charge < -0.3 is 4.18 Å². The van der Waals surface area contributed by atoms with E-state index in [1.54, 1.807) is 0 Å². The van der Waals surface area contributed by atoms with Gasteiger partial charge in [0.1, 0.15) is 0 Å². The van der Waals surface area contributed by atoms with Gasteiger partial charge in [-0.05, 0) is 18.4 Å². The number of hydrogen-bond donors (Lipinski definition) is 0. The van der Waals surface area contributed by atoms with E-state index in [2.05, 4.69) is 12.1 Å². The van der Waals surface area contributed by atoms with Gasteiger partial charge in [-0.15, -0.1) is 0 Å². The van der Waals surface area contributed by atoms with Crippen molar-refractivity contribution >= 4 is 18.0 Å². The molecule has 0 unspecified atom stereocenters. The fraction of sp³-hybridized carbons (Fsp3) is 0.364. The van der Waals surface area contributed by atoms with E-state index in [4.69, 9.17) is 4.18 Å². The van der Waals surface area contributed by atoms with Crippen molar-refractivity contribution in [2.75, 3.05) is 5.75 Å². The van der Waals surface area contributed by atoms with Crippen LogP contribution in [0.4, 0.5) is 0 Å². The second-order valence-electron chi connectivity index (χ2n) is 2.99. The first-order valence-electron chi connectivity index (χ1n) is 4.63. The van der Waals surface area contributed by atoms with E-state index in [0.717, 1.165) is 18.6 Å². The predicted molar refractivity (Wildman–Crippen MR) is 59.0 cm³/mol. The van der Waals surface area contributed by atoms with Crippen molar-refractivity contribution < 1.29 is 8.98 Å². The summed E-state index contributed by atoms with van der Waals surface area (Å²) in [6, 6.07) is 10.3. The van der Waals surface area contributed by atoms with Gasteiger partial charge in [0.15, 0.2) is 0 Å². The van der Waals surface area contributed by atoms with Crippen molar-refractivity contribution in [3.8, 4) is 0 Å². The standard InChI is InChI=1S/C11H14O2S/c1-10(12)13-14-9-5-8-11-6-3-2-4-7-11/h2-4,6-7H,5,8-9H2,1H3. The maximum absolute atomic E-state index is 10.4. The quantitative estimate of drug-likeness (QED) is 0.552. The maximum atomic E-state index is 10.4. The van der Waals surface area contributed by atoms with E-state index < -0.39 is 0 Å². The van der Waals surface area contributed by atoms with Crippen LogP contribution in [0.2, 0.25) is 0 Å². The molecule has 0 aliphatic heterocycles. The molecule has 0 bridgehead atoms. The van der Waals surface area contributed by atoms with Gasteiger partial charge in [-0.25, -0.2) is 0 Å². The van der Waals surface area contributed by atoms with Crippen LogP contribution in [0.15, 0.2) is 30.3 Å². The molecule has 1 aromatic rings. The molecule has 0 aliphatic rings. The average Bonchev–Trinajstić information content (AvgIpc) is 2.18. The van der Waals surface area contributed by atoms with Crippen molar-refractivity contribution in [3.63, 3.8) is 0 Å². The van der Waals surface area contributed by atoms with Crippen LogP contribution in [0.3, 0.4) is 0 Å². The summed E-state index contributed by atoms with van der Waals surface area (Å²) < 4.78 is 4.76. The van der Waals surface area contributed by atoms with E-state index in [9.17, 15) is 4.79 Å². The maximum Gasteiger partial charge on any atom is 0.314 e. The molecular weight excluding hydrogens is 196 g/mol. The van der Waals surface area contributed by atoms with Gasteiger partial charge >= 0.3 is 5.97 Å². The lowest BCUT2D eigenvalue weighted by Crippen LogP contribution is -1.92. The molecule has 0 atom stereocenters. The van der Waals surface area contributed by atoms with Crippen LogP contribution >= 0.6 is 12.0 Å². The van der Waals surface area contributed by atoms with Crippen molar-refractivity contribution in [2.24, 2.45) is 0 Å². The first kappa shape index (κ1) is 11.1. The molecular formula is C11H14O2S. The highest BCUT2D eigenvalue weighted by Crippen LogP contribution is 2.08. The Labute approximate surface area is 88.9 Å². The predicted octanol–water partition coefficient (Wildman–Crippen LogP) is 2.83. The van der Waals surface area contributed by atoms with E-state index in [0.29, 0.717) is 0 Å². The van der Waals surface area contributed by atoms with E-state index in [-0.39, 0.29) is 5.97 Å². The van der Waals surface area contributed by atoms with Crippen molar-refractivity contribution in [1.82, 2.24) is 0 Å². The van der Waals surface area contributed by atoms with E-state index in [1.807, 2.05) is 18.2 Å². The molecule has 0 heterocycles. The van der Waals surface area contributed by atoms with Gasteiger partial charge in [0.2, 0.25) is 0 Å². The molecule has 0 aromatic heterocycles. The van der Waals surface area contributed by atoms with E-state index >= 15 is 0 Å². The van der Waals surface area contributed by atoms with Gasteiger partial charge in [-0.2, -0.15) is 0 Å². The summed E-state index contributed by atoms with van der Waals surface area (Å²) in [5.74, 6) is 0.629. The SMILES string of the molecule is CC(=O)OSCCCc1ccccc1. The fourth-order valence-electron chi connectivity index (χ4n) is 1.10. The molecule has 3 heteroatoms. The second kappa shape index (κ2) is 6.49. The van der Waals surface area contributed by atoms with Crippen LogP contribution < -0.4 is 0 Å². The van der Waals surface area contributed by atoms with Gasteiger partial charge in [0.05, 0.1) is 12.0 Å². The number of rotatable bonds is 5. The zero-order valence-corrected chi connectivity index (χ0v) is 9.05. The normalized spacial score (nSPS) is 9.79. The summed E-state index contributed by atoms with van der Waals surface area (Å²) >= 11 is 1.23. The zero-order chi connectivity index (χ0) is 10.2. The van der Waals surface area contributed by atoms with Crippen LogP contribution in [0, 0.1) is 0 Å². The Morgan fingerprint density at radius 3 is 2.71 bits per heavy atom. The Kier molecular flexibility index (Phi) is 5.15. The van der Waals surface area contributed by atoms with Crippen LogP contribution in [0.5, 0.6) is 0 Å². The van der Waals surface area contributed by atoms with Crippen LogP contribution in [-0.2, 0) is 15.4 Å². The molecule has 1 rings (SSSR count). The zero-order valence-electron chi connectivity index (χ0n) is 8.23.